The molecule has 4 rings (SSSR count). The number of anilines is 2. The van der Waals surface area contributed by atoms with E-state index in [0.29, 0.717) is 5.75 Å². The molecule has 4 aromatic rings. The van der Waals surface area contributed by atoms with Crippen molar-refractivity contribution in [2.24, 2.45) is 0 Å². The van der Waals surface area contributed by atoms with E-state index in [-0.39, 0.29) is 20.5 Å². The molecule has 0 bridgehead atoms. The number of nitrogens with zero attached hydrogens (tertiary/aromatic N) is 1. The van der Waals surface area contributed by atoms with Crippen LogP contribution in [-0.2, 0) is 20.0 Å². The average molecular weight is 489 g/mol. The maximum Gasteiger partial charge on any atom is 0.273 e. The number of benzene rings is 3. The normalized spacial score (nSPS) is 11.9. The van der Waals surface area contributed by atoms with Crippen LogP contribution >= 0.6 is 11.3 Å². The Morgan fingerprint density at radius 1 is 0.875 bits per heavy atom. The monoisotopic (exact) mass is 488 g/mol. The van der Waals surface area contributed by atoms with Crippen LogP contribution in [-0.4, -0.2) is 31.0 Å². The second kappa shape index (κ2) is 8.45. The molecule has 3 aromatic carbocycles. The molecule has 0 aliphatic rings. The zero-order valence-corrected chi connectivity index (χ0v) is 19.7. The first-order valence-corrected chi connectivity index (χ1v) is 13.2. The van der Waals surface area contributed by atoms with Gasteiger partial charge in [0.1, 0.15) is 9.96 Å². The van der Waals surface area contributed by atoms with Gasteiger partial charge in [-0.1, -0.05) is 30.3 Å². The highest BCUT2D eigenvalue weighted by Crippen LogP contribution is 2.35. The predicted molar refractivity (Wildman–Crippen MR) is 128 cm³/mol. The molecular formula is C22H20N2O5S3. The third kappa shape index (κ3) is 4.16. The van der Waals surface area contributed by atoms with Gasteiger partial charge in [-0.15, -0.1) is 11.3 Å². The van der Waals surface area contributed by atoms with Crippen molar-refractivity contribution in [1.82, 2.24) is 0 Å². The quantitative estimate of drug-likeness (QED) is 0.412. The number of para-hydroxylation sites is 2. The summed E-state index contributed by atoms with van der Waals surface area (Å²) in [6.07, 6.45) is 0. The maximum absolute atomic E-state index is 13.3. The van der Waals surface area contributed by atoms with Crippen molar-refractivity contribution in [1.29, 1.82) is 0 Å². The SMILES string of the molecule is COc1ccc(S(=O)(=O)Nc2ccccc2N(C)S(=O)(=O)c2cc3ccccc3s2)cc1. The topological polar surface area (TPSA) is 92.8 Å². The molecule has 1 aromatic heterocycles. The van der Waals surface area contributed by atoms with Crippen molar-refractivity contribution >= 4 is 52.8 Å². The fraction of sp³-hybridized carbons (Fsp3) is 0.0909. The van der Waals surface area contributed by atoms with Crippen LogP contribution in [0.15, 0.2) is 88.0 Å². The van der Waals surface area contributed by atoms with Gasteiger partial charge in [0.15, 0.2) is 0 Å². The molecule has 0 spiro atoms. The molecule has 0 radical (unpaired) electrons. The number of hydrogen-bond donors (Lipinski definition) is 1. The van der Waals surface area contributed by atoms with Crippen LogP contribution in [0.5, 0.6) is 5.75 Å². The highest BCUT2D eigenvalue weighted by atomic mass is 32.2. The van der Waals surface area contributed by atoms with Gasteiger partial charge in [0.25, 0.3) is 20.0 Å². The lowest BCUT2D eigenvalue weighted by atomic mass is 10.3. The zero-order valence-electron chi connectivity index (χ0n) is 17.2. The summed E-state index contributed by atoms with van der Waals surface area (Å²) in [5.74, 6) is 0.526. The number of methoxy groups -OCH3 is 1. The lowest BCUT2D eigenvalue weighted by Crippen LogP contribution is -2.27. The van der Waals surface area contributed by atoms with Gasteiger partial charge in [-0.3, -0.25) is 9.03 Å². The number of fused-ring (bicyclic) bond motifs is 1. The van der Waals surface area contributed by atoms with E-state index in [2.05, 4.69) is 4.72 Å². The average Bonchev–Trinajstić information content (AvgIpc) is 3.24. The summed E-state index contributed by atoms with van der Waals surface area (Å²) in [7, 11) is -4.96. The standard InChI is InChI=1S/C22H20N2O5S3/c1-24(32(27,28)22-15-16-7-3-6-10-21(16)30-22)20-9-5-4-8-19(20)23-31(25,26)18-13-11-17(29-2)12-14-18/h3-15,23H,1-2H3. The number of thiophene rings is 1. The van der Waals surface area contributed by atoms with Crippen molar-refractivity contribution in [3.8, 4) is 5.75 Å². The van der Waals surface area contributed by atoms with Gasteiger partial charge in [-0.25, -0.2) is 16.8 Å². The molecule has 0 fully saturated rings. The highest BCUT2D eigenvalue weighted by Gasteiger charge is 2.26. The molecule has 0 unspecified atom stereocenters. The maximum atomic E-state index is 13.3. The minimum atomic E-state index is -3.95. The molecular weight excluding hydrogens is 468 g/mol. The molecule has 7 nitrogen and oxygen atoms in total. The van der Waals surface area contributed by atoms with Crippen LogP contribution in [0, 0.1) is 0 Å². The number of ether oxygens (including phenoxy) is 1. The first-order valence-electron chi connectivity index (χ1n) is 9.46. The molecule has 0 atom stereocenters. The molecule has 1 heterocycles. The second-order valence-corrected chi connectivity index (χ2v) is 11.8. The Balaban J connectivity index is 1.69. The Bertz CT molecular complexity index is 1440. The van der Waals surface area contributed by atoms with Crippen molar-refractivity contribution in [3.63, 3.8) is 0 Å². The van der Waals surface area contributed by atoms with Crippen LogP contribution in [0.2, 0.25) is 0 Å². The third-order valence-electron chi connectivity index (χ3n) is 4.88. The first-order chi connectivity index (χ1) is 15.2. The Labute approximate surface area is 191 Å². The van der Waals surface area contributed by atoms with Gasteiger partial charge < -0.3 is 4.74 Å². The Kier molecular flexibility index (Phi) is 5.85. The van der Waals surface area contributed by atoms with Gasteiger partial charge in [0.2, 0.25) is 0 Å². The van der Waals surface area contributed by atoms with E-state index in [9.17, 15) is 16.8 Å². The van der Waals surface area contributed by atoms with Gasteiger partial charge in [0, 0.05) is 11.7 Å². The van der Waals surface area contributed by atoms with Crippen molar-refractivity contribution in [2.45, 2.75) is 9.10 Å². The Morgan fingerprint density at radius 2 is 1.53 bits per heavy atom. The van der Waals surface area contributed by atoms with Crippen LogP contribution in [0.4, 0.5) is 11.4 Å². The predicted octanol–water partition coefficient (Wildman–Crippen LogP) is 4.54. The molecule has 32 heavy (non-hydrogen) atoms. The molecule has 1 N–H and O–H groups in total. The van der Waals surface area contributed by atoms with E-state index >= 15 is 0 Å². The molecule has 0 saturated carbocycles. The third-order valence-corrected chi connectivity index (χ3v) is 9.59. The van der Waals surface area contributed by atoms with Gasteiger partial charge in [-0.2, -0.15) is 0 Å². The van der Waals surface area contributed by atoms with Crippen molar-refractivity contribution in [3.05, 3.63) is 78.9 Å². The molecule has 0 saturated heterocycles. The van der Waals surface area contributed by atoms with E-state index in [1.165, 1.54) is 43.7 Å². The lowest BCUT2D eigenvalue weighted by Gasteiger charge is -2.22. The van der Waals surface area contributed by atoms with E-state index in [0.717, 1.165) is 14.4 Å². The summed E-state index contributed by atoms with van der Waals surface area (Å²) < 4.78 is 62.1. The number of sulfonamides is 2. The second-order valence-electron chi connectivity index (χ2n) is 6.87. The van der Waals surface area contributed by atoms with Crippen LogP contribution < -0.4 is 13.8 Å². The molecule has 0 amide bonds. The smallest absolute Gasteiger partial charge is 0.273 e. The minimum absolute atomic E-state index is 0.0307. The van der Waals surface area contributed by atoms with Gasteiger partial charge in [0.05, 0.1) is 23.4 Å². The number of hydrogen-bond acceptors (Lipinski definition) is 6. The Morgan fingerprint density at radius 3 is 2.22 bits per heavy atom. The lowest BCUT2D eigenvalue weighted by molar-refractivity contribution is 0.414. The summed E-state index contributed by atoms with van der Waals surface area (Å²) in [6, 6.07) is 21.3. The van der Waals surface area contributed by atoms with Crippen molar-refractivity contribution in [2.75, 3.05) is 23.2 Å². The van der Waals surface area contributed by atoms with E-state index in [1.54, 1.807) is 36.4 Å². The Hall–Kier alpha value is -3.08. The number of nitrogens with one attached hydrogen (secondary N) is 1. The summed E-state index contributed by atoms with van der Waals surface area (Å²) in [4.78, 5) is 0.0307. The number of rotatable bonds is 7. The summed E-state index contributed by atoms with van der Waals surface area (Å²) >= 11 is 1.17. The fourth-order valence-electron chi connectivity index (χ4n) is 3.14. The summed E-state index contributed by atoms with van der Waals surface area (Å²) in [5, 5.41) is 0.831. The largest absolute Gasteiger partial charge is 0.497 e. The first kappa shape index (κ1) is 22.1. The minimum Gasteiger partial charge on any atom is -0.497 e. The molecule has 0 aliphatic heterocycles. The fourth-order valence-corrected chi connectivity index (χ4v) is 7.00. The van der Waals surface area contributed by atoms with E-state index in [1.807, 2.05) is 24.3 Å². The molecule has 10 heteroatoms. The van der Waals surface area contributed by atoms with E-state index in [4.69, 9.17) is 4.74 Å². The summed E-state index contributed by atoms with van der Waals surface area (Å²) in [5.41, 5.74) is 0.359. The molecule has 0 aliphatic carbocycles. The van der Waals surface area contributed by atoms with Crippen molar-refractivity contribution < 1.29 is 21.6 Å². The van der Waals surface area contributed by atoms with E-state index < -0.39 is 20.0 Å². The van der Waals surface area contributed by atoms with Gasteiger partial charge in [-0.05, 0) is 53.9 Å². The summed E-state index contributed by atoms with van der Waals surface area (Å²) in [6.45, 7) is 0. The van der Waals surface area contributed by atoms with Crippen LogP contribution in [0.25, 0.3) is 10.1 Å². The van der Waals surface area contributed by atoms with Crippen LogP contribution in [0.3, 0.4) is 0 Å². The van der Waals surface area contributed by atoms with Gasteiger partial charge >= 0.3 is 0 Å². The highest BCUT2D eigenvalue weighted by molar-refractivity contribution is 7.95. The molecule has 166 valence electrons. The zero-order chi connectivity index (χ0) is 22.9. The van der Waals surface area contributed by atoms with Crippen LogP contribution in [0.1, 0.15) is 0 Å².